The molecule has 3 rings (SSSR count). The number of hydrogen-bond acceptors (Lipinski definition) is 4. The lowest BCUT2D eigenvalue weighted by molar-refractivity contribution is 0.419. The fraction of sp³-hybridized carbons (Fsp3) is 0.188. The molecular formula is C16H15ClN2OS. The Morgan fingerprint density at radius 2 is 2.05 bits per heavy atom. The number of anilines is 1. The number of aromatic nitrogens is 1. The number of nitrogens with one attached hydrogen (secondary N) is 1. The van der Waals surface area contributed by atoms with E-state index in [2.05, 4.69) is 22.4 Å². The summed E-state index contributed by atoms with van der Waals surface area (Å²) in [7, 11) is 1.65. The third-order valence-corrected chi connectivity index (χ3v) is 4.89. The Labute approximate surface area is 132 Å². The lowest BCUT2D eigenvalue weighted by Crippen LogP contribution is -1.98. The van der Waals surface area contributed by atoms with E-state index in [0.29, 0.717) is 0 Å². The van der Waals surface area contributed by atoms with Crippen LogP contribution in [-0.4, -0.2) is 12.1 Å². The standard InChI is InChI=1S/C16H15ClN2OS/c1-10-8-12(20-2)14-15(13(10)17)21-16(19-14)18-9-11-6-4-3-5-7-11/h3-8H,9H2,1-2H3,(H,18,19). The maximum atomic E-state index is 6.37. The normalized spacial score (nSPS) is 10.8. The highest BCUT2D eigenvalue weighted by Crippen LogP contribution is 2.39. The first-order valence-electron chi connectivity index (χ1n) is 6.60. The van der Waals surface area contributed by atoms with Crippen LogP contribution in [0.15, 0.2) is 36.4 Å². The molecule has 2 aromatic carbocycles. The van der Waals surface area contributed by atoms with Crippen molar-refractivity contribution < 1.29 is 4.74 Å². The largest absolute Gasteiger partial charge is 0.494 e. The monoisotopic (exact) mass is 318 g/mol. The maximum absolute atomic E-state index is 6.37. The molecule has 0 saturated carbocycles. The minimum atomic E-state index is 0.736. The molecule has 0 radical (unpaired) electrons. The Kier molecular flexibility index (Phi) is 3.99. The number of fused-ring (bicyclic) bond motifs is 1. The van der Waals surface area contributed by atoms with Gasteiger partial charge in [0.15, 0.2) is 5.13 Å². The molecule has 5 heteroatoms. The van der Waals surface area contributed by atoms with Crippen molar-refractivity contribution in [3.8, 4) is 5.75 Å². The molecule has 0 atom stereocenters. The van der Waals surface area contributed by atoms with E-state index in [9.17, 15) is 0 Å². The van der Waals surface area contributed by atoms with Crippen molar-refractivity contribution in [3.05, 3.63) is 52.5 Å². The van der Waals surface area contributed by atoms with Crippen LogP contribution in [0.4, 0.5) is 5.13 Å². The molecule has 0 unspecified atom stereocenters. The predicted octanol–water partition coefficient (Wildman–Crippen LogP) is 4.88. The molecule has 108 valence electrons. The number of halogens is 1. The molecule has 0 fully saturated rings. The Hall–Kier alpha value is -1.78. The third-order valence-electron chi connectivity index (χ3n) is 3.26. The van der Waals surface area contributed by atoms with Crippen molar-refractivity contribution in [1.29, 1.82) is 0 Å². The summed E-state index contributed by atoms with van der Waals surface area (Å²) >= 11 is 7.93. The van der Waals surface area contributed by atoms with Crippen LogP contribution in [0.5, 0.6) is 5.75 Å². The highest BCUT2D eigenvalue weighted by atomic mass is 35.5. The van der Waals surface area contributed by atoms with Crippen molar-refractivity contribution in [3.63, 3.8) is 0 Å². The molecule has 21 heavy (non-hydrogen) atoms. The van der Waals surface area contributed by atoms with Crippen LogP contribution >= 0.6 is 22.9 Å². The summed E-state index contributed by atoms with van der Waals surface area (Å²) in [4.78, 5) is 4.60. The minimum absolute atomic E-state index is 0.736. The van der Waals surface area contributed by atoms with Gasteiger partial charge in [0.25, 0.3) is 0 Å². The van der Waals surface area contributed by atoms with Crippen molar-refractivity contribution >= 4 is 38.3 Å². The molecule has 3 nitrogen and oxygen atoms in total. The zero-order chi connectivity index (χ0) is 14.8. The first-order valence-corrected chi connectivity index (χ1v) is 7.80. The average Bonchev–Trinajstić information content (AvgIpc) is 2.94. The van der Waals surface area contributed by atoms with Crippen molar-refractivity contribution in [1.82, 2.24) is 4.98 Å². The summed E-state index contributed by atoms with van der Waals surface area (Å²) in [6.45, 7) is 2.71. The first kappa shape index (κ1) is 14.2. The summed E-state index contributed by atoms with van der Waals surface area (Å²) in [5, 5.41) is 4.93. The minimum Gasteiger partial charge on any atom is -0.494 e. The molecule has 1 N–H and O–H groups in total. The summed E-state index contributed by atoms with van der Waals surface area (Å²) < 4.78 is 6.36. The molecule has 0 amide bonds. The van der Waals surface area contributed by atoms with Gasteiger partial charge in [0.2, 0.25) is 0 Å². The molecule has 0 spiro atoms. The van der Waals surface area contributed by atoms with Crippen LogP contribution in [0, 0.1) is 6.92 Å². The van der Waals surface area contributed by atoms with Crippen LogP contribution in [0.1, 0.15) is 11.1 Å². The highest BCUT2D eigenvalue weighted by molar-refractivity contribution is 7.22. The second-order valence-corrected chi connectivity index (χ2v) is 6.12. The van der Waals surface area contributed by atoms with E-state index >= 15 is 0 Å². The van der Waals surface area contributed by atoms with Crippen LogP contribution in [-0.2, 0) is 6.54 Å². The first-order chi connectivity index (χ1) is 10.2. The van der Waals surface area contributed by atoms with Gasteiger partial charge in [0, 0.05) is 6.54 Å². The molecule has 0 bridgehead atoms. The summed E-state index contributed by atoms with van der Waals surface area (Å²) in [6, 6.07) is 12.1. The molecular weight excluding hydrogens is 304 g/mol. The van der Waals surface area contributed by atoms with E-state index in [-0.39, 0.29) is 0 Å². The lowest BCUT2D eigenvalue weighted by atomic mass is 10.2. The lowest BCUT2D eigenvalue weighted by Gasteiger charge is -2.04. The Morgan fingerprint density at radius 1 is 1.29 bits per heavy atom. The number of benzene rings is 2. The van der Waals surface area contributed by atoms with Gasteiger partial charge in [-0.3, -0.25) is 0 Å². The average molecular weight is 319 g/mol. The van der Waals surface area contributed by atoms with Gasteiger partial charge in [0.05, 0.1) is 16.8 Å². The van der Waals surface area contributed by atoms with Crippen LogP contribution in [0.3, 0.4) is 0 Å². The van der Waals surface area contributed by atoms with E-state index in [4.69, 9.17) is 16.3 Å². The van der Waals surface area contributed by atoms with Gasteiger partial charge < -0.3 is 10.1 Å². The maximum Gasteiger partial charge on any atom is 0.184 e. The molecule has 0 saturated heterocycles. The fourth-order valence-corrected chi connectivity index (χ4v) is 3.38. The van der Waals surface area contributed by atoms with E-state index in [1.54, 1.807) is 18.4 Å². The van der Waals surface area contributed by atoms with Gasteiger partial charge in [0.1, 0.15) is 11.3 Å². The smallest absolute Gasteiger partial charge is 0.184 e. The van der Waals surface area contributed by atoms with E-state index in [1.165, 1.54) is 5.56 Å². The second-order valence-electron chi connectivity index (χ2n) is 4.75. The zero-order valence-electron chi connectivity index (χ0n) is 11.8. The SMILES string of the molecule is COc1cc(C)c(Cl)c2sc(NCc3ccccc3)nc12. The van der Waals surface area contributed by atoms with Crippen LogP contribution in [0.2, 0.25) is 5.02 Å². The fourth-order valence-electron chi connectivity index (χ4n) is 2.15. The molecule has 3 aromatic rings. The van der Waals surface area contributed by atoms with Gasteiger partial charge in [-0.2, -0.15) is 0 Å². The van der Waals surface area contributed by atoms with Gasteiger partial charge in [-0.15, -0.1) is 0 Å². The molecule has 1 aromatic heterocycles. The molecule has 0 aliphatic heterocycles. The van der Waals surface area contributed by atoms with Gasteiger partial charge in [-0.05, 0) is 24.1 Å². The quantitative estimate of drug-likeness (QED) is 0.744. The van der Waals surface area contributed by atoms with E-state index in [1.807, 2.05) is 31.2 Å². The van der Waals surface area contributed by atoms with Crippen LogP contribution < -0.4 is 10.1 Å². The van der Waals surface area contributed by atoms with E-state index in [0.717, 1.165) is 38.2 Å². The van der Waals surface area contributed by atoms with Crippen molar-refractivity contribution in [2.75, 3.05) is 12.4 Å². The van der Waals surface area contributed by atoms with E-state index < -0.39 is 0 Å². The second kappa shape index (κ2) is 5.92. The van der Waals surface area contributed by atoms with Gasteiger partial charge in [-0.25, -0.2) is 4.98 Å². The van der Waals surface area contributed by atoms with Crippen molar-refractivity contribution in [2.24, 2.45) is 0 Å². The Balaban J connectivity index is 1.92. The summed E-state index contributed by atoms with van der Waals surface area (Å²) in [6.07, 6.45) is 0. The number of methoxy groups -OCH3 is 1. The Bertz CT molecular complexity index is 771. The van der Waals surface area contributed by atoms with Crippen molar-refractivity contribution in [2.45, 2.75) is 13.5 Å². The highest BCUT2D eigenvalue weighted by Gasteiger charge is 2.14. The van der Waals surface area contributed by atoms with Crippen LogP contribution in [0.25, 0.3) is 10.2 Å². The summed E-state index contributed by atoms with van der Waals surface area (Å²) in [5.41, 5.74) is 3.03. The predicted molar refractivity (Wildman–Crippen MR) is 89.7 cm³/mol. The van der Waals surface area contributed by atoms with Gasteiger partial charge in [-0.1, -0.05) is 53.3 Å². The number of nitrogens with zero attached hydrogens (tertiary/aromatic N) is 1. The number of aryl methyl sites for hydroxylation is 1. The summed E-state index contributed by atoms with van der Waals surface area (Å²) in [5.74, 6) is 0.760. The molecule has 0 aliphatic rings. The Morgan fingerprint density at radius 3 is 2.76 bits per heavy atom. The topological polar surface area (TPSA) is 34.1 Å². The number of rotatable bonds is 4. The molecule has 1 heterocycles. The van der Waals surface area contributed by atoms with Gasteiger partial charge >= 0.3 is 0 Å². The number of hydrogen-bond donors (Lipinski definition) is 1. The molecule has 0 aliphatic carbocycles. The third kappa shape index (κ3) is 2.82. The zero-order valence-corrected chi connectivity index (χ0v) is 13.4. The number of ether oxygens (including phenoxy) is 1. The number of thiazole rings is 1.